The lowest BCUT2D eigenvalue weighted by Crippen LogP contribution is -2.10. The number of benzene rings is 3. The summed E-state index contributed by atoms with van der Waals surface area (Å²) in [4.78, 5) is 4.77. The van der Waals surface area contributed by atoms with Gasteiger partial charge in [0, 0.05) is 12.6 Å². The fourth-order valence-corrected chi connectivity index (χ4v) is 3.48. The van der Waals surface area contributed by atoms with Crippen molar-refractivity contribution in [2.75, 3.05) is 13.7 Å². The van der Waals surface area contributed by atoms with E-state index in [0.29, 0.717) is 24.0 Å². The van der Waals surface area contributed by atoms with Crippen molar-refractivity contribution >= 4 is 22.6 Å². The smallest absolute Gasteiger partial charge is 0.147 e. The summed E-state index contributed by atoms with van der Waals surface area (Å²) in [7, 11) is 1.64. The zero-order valence-corrected chi connectivity index (χ0v) is 17.5. The van der Waals surface area contributed by atoms with Gasteiger partial charge in [-0.05, 0) is 42.8 Å². The maximum Gasteiger partial charge on any atom is 0.147 e. The summed E-state index contributed by atoms with van der Waals surface area (Å²) in [6.07, 6.45) is 0.817. The van der Waals surface area contributed by atoms with Crippen molar-refractivity contribution in [2.24, 2.45) is 0 Å². The first-order chi connectivity index (χ1) is 14.7. The van der Waals surface area contributed by atoms with Crippen LogP contribution in [0.4, 0.5) is 0 Å². The van der Waals surface area contributed by atoms with Gasteiger partial charge >= 0.3 is 0 Å². The molecule has 0 aliphatic heterocycles. The molecule has 0 saturated heterocycles. The summed E-state index contributed by atoms with van der Waals surface area (Å²) in [5.41, 5.74) is 2.04. The molecule has 0 amide bonds. The molecule has 1 heterocycles. The van der Waals surface area contributed by atoms with Crippen LogP contribution >= 0.6 is 11.6 Å². The maximum atomic E-state index is 6.16. The third-order valence-corrected chi connectivity index (χ3v) is 5.08. The normalized spacial score (nSPS) is 10.9. The van der Waals surface area contributed by atoms with Gasteiger partial charge in [-0.25, -0.2) is 4.98 Å². The van der Waals surface area contributed by atoms with E-state index in [4.69, 9.17) is 30.8 Å². The van der Waals surface area contributed by atoms with Crippen LogP contribution in [-0.2, 0) is 13.2 Å². The first kappa shape index (κ1) is 20.1. The number of methoxy groups -OCH3 is 1. The first-order valence-corrected chi connectivity index (χ1v) is 10.2. The van der Waals surface area contributed by atoms with Gasteiger partial charge in [-0.15, -0.1) is 0 Å². The fraction of sp³-hybridized carbons (Fsp3) is 0.208. The lowest BCUT2D eigenvalue weighted by molar-refractivity contribution is 0.279. The Balaban J connectivity index is 1.45. The number of aromatic nitrogens is 2. The maximum absolute atomic E-state index is 6.16. The summed E-state index contributed by atoms with van der Waals surface area (Å²) in [5.74, 6) is 3.08. The molecule has 154 valence electrons. The molecule has 5 nitrogen and oxygen atoms in total. The van der Waals surface area contributed by atoms with Crippen molar-refractivity contribution in [3.8, 4) is 17.2 Å². The Morgan fingerprint density at radius 1 is 0.900 bits per heavy atom. The molecule has 0 radical (unpaired) electrons. The van der Waals surface area contributed by atoms with Crippen molar-refractivity contribution in [1.82, 2.24) is 9.55 Å². The van der Waals surface area contributed by atoms with Gasteiger partial charge in [0.15, 0.2) is 0 Å². The first-order valence-electron chi connectivity index (χ1n) is 9.83. The standard InChI is InChI=1S/C24H23ClN2O3/c1-28-18-8-6-9-19(16-18)30-17-24-26-21-11-3-4-12-22(21)27(24)14-7-15-29-23-13-5-2-10-20(23)25/h2-6,8-13,16H,7,14-15,17H2,1H3. The molecule has 0 saturated carbocycles. The Morgan fingerprint density at radius 2 is 1.70 bits per heavy atom. The van der Waals surface area contributed by atoms with E-state index in [1.165, 1.54) is 0 Å². The Bertz CT molecular complexity index is 1130. The minimum absolute atomic E-state index is 0.368. The predicted octanol–water partition coefficient (Wildman–Crippen LogP) is 5.75. The molecule has 0 bridgehead atoms. The van der Waals surface area contributed by atoms with Crippen molar-refractivity contribution in [1.29, 1.82) is 0 Å². The highest BCUT2D eigenvalue weighted by molar-refractivity contribution is 6.32. The van der Waals surface area contributed by atoms with Gasteiger partial charge in [-0.2, -0.15) is 0 Å². The van der Waals surface area contributed by atoms with E-state index in [9.17, 15) is 0 Å². The van der Waals surface area contributed by atoms with Gasteiger partial charge in [-0.3, -0.25) is 0 Å². The van der Waals surface area contributed by atoms with Crippen molar-refractivity contribution in [3.63, 3.8) is 0 Å². The zero-order chi connectivity index (χ0) is 20.8. The second kappa shape index (κ2) is 9.55. The lowest BCUT2D eigenvalue weighted by atomic mass is 10.3. The highest BCUT2D eigenvalue weighted by Gasteiger charge is 2.11. The topological polar surface area (TPSA) is 45.5 Å². The summed E-state index contributed by atoms with van der Waals surface area (Å²) >= 11 is 6.16. The summed E-state index contributed by atoms with van der Waals surface area (Å²) in [6, 6.07) is 23.2. The number of fused-ring (bicyclic) bond motifs is 1. The van der Waals surface area contributed by atoms with E-state index in [0.717, 1.165) is 41.3 Å². The molecule has 0 N–H and O–H groups in total. The van der Waals surface area contributed by atoms with Crippen LogP contribution in [0.25, 0.3) is 11.0 Å². The molecule has 0 spiro atoms. The second-order valence-corrected chi connectivity index (χ2v) is 7.18. The van der Waals surface area contributed by atoms with Gasteiger partial charge in [0.2, 0.25) is 0 Å². The molecular weight excluding hydrogens is 400 g/mol. The van der Waals surface area contributed by atoms with Gasteiger partial charge in [-0.1, -0.05) is 41.9 Å². The van der Waals surface area contributed by atoms with E-state index in [-0.39, 0.29) is 0 Å². The van der Waals surface area contributed by atoms with E-state index in [2.05, 4.69) is 10.6 Å². The van der Waals surface area contributed by atoms with Crippen LogP contribution in [0.3, 0.4) is 0 Å². The molecule has 0 atom stereocenters. The molecule has 3 aromatic carbocycles. The zero-order valence-electron chi connectivity index (χ0n) is 16.8. The predicted molar refractivity (Wildman–Crippen MR) is 119 cm³/mol. The largest absolute Gasteiger partial charge is 0.497 e. The fourth-order valence-electron chi connectivity index (χ4n) is 3.29. The number of halogens is 1. The van der Waals surface area contributed by atoms with Crippen molar-refractivity contribution in [3.05, 3.63) is 83.6 Å². The molecule has 30 heavy (non-hydrogen) atoms. The van der Waals surface area contributed by atoms with E-state index >= 15 is 0 Å². The van der Waals surface area contributed by atoms with Crippen molar-refractivity contribution < 1.29 is 14.2 Å². The highest BCUT2D eigenvalue weighted by Crippen LogP contribution is 2.24. The van der Waals surface area contributed by atoms with E-state index in [1.807, 2.05) is 66.7 Å². The number of ether oxygens (including phenoxy) is 3. The second-order valence-electron chi connectivity index (χ2n) is 6.77. The molecule has 0 aliphatic carbocycles. The minimum atomic E-state index is 0.368. The molecule has 6 heteroatoms. The van der Waals surface area contributed by atoms with Crippen molar-refractivity contribution in [2.45, 2.75) is 19.6 Å². The van der Waals surface area contributed by atoms with Crippen LogP contribution in [0.1, 0.15) is 12.2 Å². The SMILES string of the molecule is COc1cccc(OCc2nc3ccccc3n2CCCOc2ccccc2Cl)c1. The summed E-state index contributed by atoms with van der Waals surface area (Å²) in [6.45, 7) is 1.70. The Hall–Kier alpha value is -3.18. The number of rotatable bonds is 9. The number of nitrogens with zero attached hydrogens (tertiary/aromatic N) is 2. The van der Waals surface area contributed by atoms with Gasteiger partial charge in [0.1, 0.15) is 29.7 Å². The quantitative estimate of drug-likeness (QED) is 0.322. The number of hydrogen-bond donors (Lipinski definition) is 0. The third kappa shape index (κ3) is 4.69. The molecule has 0 aliphatic rings. The van der Waals surface area contributed by atoms with Crippen LogP contribution < -0.4 is 14.2 Å². The highest BCUT2D eigenvalue weighted by atomic mass is 35.5. The summed E-state index contributed by atoms with van der Waals surface area (Å²) in [5, 5.41) is 0.623. The molecule has 4 aromatic rings. The Kier molecular flexibility index (Phi) is 6.40. The van der Waals surface area contributed by atoms with Crippen LogP contribution in [0, 0.1) is 0 Å². The number of aryl methyl sites for hydroxylation is 1. The molecular formula is C24H23ClN2O3. The van der Waals surface area contributed by atoms with Crippen LogP contribution in [0.15, 0.2) is 72.8 Å². The summed E-state index contributed by atoms with van der Waals surface area (Å²) < 4.78 is 19.3. The molecule has 1 aromatic heterocycles. The van der Waals surface area contributed by atoms with Gasteiger partial charge in [0.25, 0.3) is 0 Å². The van der Waals surface area contributed by atoms with Crippen LogP contribution in [-0.4, -0.2) is 23.3 Å². The average Bonchev–Trinajstić information content (AvgIpc) is 3.14. The lowest BCUT2D eigenvalue weighted by Gasteiger charge is -2.12. The van der Waals surface area contributed by atoms with E-state index < -0.39 is 0 Å². The average molecular weight is 423 g/mol. The monoisotopic (exact) mass is 422 g/mol. The van der Waals surface area contributed by atoms with E-state index in [1.54, 1.807) is 7.11 Å². The van der Waals surface area contributed by atoms with Crippen LogP contribution in [0.5, 0.6) is 17.2 Å². The van der Waals surface area contributed by atoms with Gasteiger partial charge in [0.05, 0.1) is 29.8 Å². The Labute approximate surface area is 180 Å². The molecule has 0 fully saturated rings. The minimum Gasteiger partial charge on any atom is -0.497 e. The number of hydrogen-bond acceptors (Lipinski definition) is 4. The molecule has 0 unspecified atom stereocenters. The molecule has 4 rings (SSSR count). The third-order valence-electron chi connectivity index (χ3n) is 4.76. The number of imidazole rings is 1. The number of para-hydroxylation sites is 3. The van der Waals surface area contributed by atoms with Gasteiger partial charge < -0.3 is 18.8 Å². The Morgan fingerprint density at radius 3 is 2.57 bits per heavy atom. The van der Waals surface area contributed by atoms with Crippen LogP contribution in [0.2, 0.25) is 5.02 Å².